The third-order valence-corrected chi connectivity index (χ3v) is 11.1. The predicted molar refractivity (Wildman–Crippen MR) is 180 cm³/mol. The minimum Gasteiger partial charge on any atom is -0.450 e. The van der Waals surface area contributed by atoms with Crippen molar-refractivity contribution in [1.29, 1.82) is 0 Å². The number of aliphatic hydroxyl groups excluding tert-OH is 1. The summed E-state index contributed by atoms with van der Waals surface area (Å²) in [5.74, 6) is -0.129. The van der Waals surface area contributed by atoms with Crippen molar-refractivity contribution in [1.82, 2.24) is 4.90 Å². The van der Waals surface area contributed by atoms with E-state index >= 15 is 0 Å². The molecule has 4 atom stereocenters. The Kier molecular flexibility index (Phi) is 10.3. The van der Waals surface area contributed by atoms with Gasteiger partial charge in [0, 0.05) is 22.4 Å². The number of ether oxygens (including phenoxy) is 1. The normalized spacial score (nSPS) is 25.2. The van der Waals surface area contributed by atoms with Crippen molar-refractivity contribution in [3.63, 3.8) is 0 Å². The van der Waals surface area contributed by atoms with Crippen LogP contribution in [-0.2, 0) is 17.7 Å². The number of allylic oxidation sites excluding steroid dienone is 2. The van der Waals surface area contributed by atoms with E-state index < -0.39 is 23.2 Å². The highest BCUT2D eigenvalue weighted by atomic mass is 32.1. The highest BCUT2D eigenvalue weighted by Gasteiger charge is 2.57. The van der Waals surface area contributed by atoms with Crippen molar-refractivity contribution in [2.45, 2.75) is 96.8 Å². The summed E-state index contributed by atoms with van der Waals surface area (Å²) in [5, 5.41) is 23.6. The molecule has 7 heteroatoms. The van der Waals surface area contributed by atoms with Crippen molar-refractivity contribution in [3.8, 4) is 0 Å². The number of carbonyl (C=O) groups excluding carboxylic acids is 2. The van der Waals surface area contributed by atoms with E-state index in [1.165, 1.54) is 16.9 Å². The van der Waals surface area contributed by atoms with Gasteiger partial charge in [0.25, 0.3) is 0 Å². The van der Waals surface area contributed by atoms with Crippen molar-refractivity contribution in [2.75, 3.05) is 13.2 Å². The molecule has 1 saturated carbocycles. The lowest BCUT2D eigenvalue weighted by Gasteiger charge is -2.46. The maximum Gasteiger partial charge on any atom is 0.410 e. The van der Waals surface area contributed by atoms with Crippen molar-refractivity contribution >= 4 is 23.2 Å². The fourth-order valence-corrected chi connectivity index (χ4v) is 8.23. The van der Waals surface area contributed by atoms with Crippen LogP contribution >= 0.6 is 11.3 Å². The summed E-state index contributed by atoms with van der Waals surface area (Å²) in [6, 6.07) is 19.7. The Hall–Kier alpha value is -3.26. The van der Waals surface area contributed by atoms with Crippen LogP contribution in [-0.4, -0.2) is 51.8 Å². The van der Waals surface area contributed by atoms with Crippen molar-refractivity contribution in [3.05, 3.63) is 104 Å². The van der Waals surface area contributed by atoms with E-state index in [0.717, 1.165) is 34.4 Å². The smallest absolute Gasteiger partial charge is 0.410 e. The number of thiophene rings is 1. The van der Waals surface area contributed by atoms with Gasteiger partial charge in [0.05, 0.1) is 29.7 Å². The number of hydrogen-bond donors (Lipinski definition) is 2. The number of carbonyl (C=O) groups is 2. The molecule has 45 heavy (non-hydrogen) atoms. The summed E-state index contributed by atoms with van der Waals surface area (Å²) >= 11 is 1.49. The number of nitrogens with zero attached hydrogens (tertiary/aromatic N) is 1. The summed E-state index contributed by atoms with van der Waals surface area (Å²) in [6.07, 6.45) is 5.83. The highest BCUT2D eigenvalue weighted by Crippen LogP contribution is 2.59. The quantitative estimate of drug-likeness (QED) is 0.204. The standard InChI is InChI=1S/C38H47NO5S/c1-5-44-36(42)39(24-28-11-7-6-8-12-28)25-38(43)21-19-33-31-17-15-29(23-32(31)35(41)34-18-14-27(3)45-34)22-30(40)16-13-26(2)10-9-20-37(33,38)4/h6-8,10-12,14-15,17-18,23,30,33,40,43H,5,9,13,16,19-22,24-25H2,1-4H3. The average molecular weight is 630 g/mol. The summed E-state index contributed by atoms with van der Waals surface area (Å²) in [4.78, 5) is 30.9. The molecule has 2 bridgehead atoms. The van der Waals surface area contributed by atoms with Gasteiger partial charge in [0.1, 0.15) is 0 Å². The van der Waals surface area contributed by atoms with Crippen LogP contribution in [0.1, 0.15) is 102 Å². The fourth-order valence-electron chi connectivity index (χ4n) is 7.41. The minimum atomic E-state index is -1.22. The molecule has 0 radical (unpaired) electrons. The Morgan fingerprint density at radius 2 is 1.82 bits per heavy atom. The van der Waals surface area contributed by atoms with Gasteiger partial charge in [-0.25, -0.2) is 4.79 Å². The molecule has 240 valence electrons. The van der Waals surface area contributed by atoms with Crippen molar-refractivity contribution < 1.29 is 24.5 Å². The van der Waals surface area contributed by atoms with E-state index in [1.807, 2.05) is 61.5 Å². The SMILES string of the molecule is CCOC(=O)N(Cc1ccccc1)CC1(O)CCC2c3ccc(cc3C(=O)c3ccc(C)s3)CC(O)CCC(C)=CCCC21C. The van der Waals surface area contributed by atoms with E-state index in [9.17, 15) is 19.8 Å². The number of hydrogen-bond acceptors (Lipinski definition) is 6. The Labute approximate surface area is 271 Å². The van der Waals surface area contributed by atoms with Crippen molar-refractivity contribution in [2.24, 2.45) is 5.41 Å². The molecule has 4 unspecified atom stereocenters. The zero-order valence-corrected chi connectivity index (χ0v) is 27.9. The minimum absolute atomic E-state index is 0.0164. The lowest BCUT2D eigenvalue weighted by molar-refractivity contribution is -0.0821. The molecule has 0 aliphatic heterocycles. The maximum absolute atomic E-state index is 14.1. The Morgan fingerprint density at radius 1 is 1.04 bits per heavy atom. The van der Waals surface area contributed by atoms with E-state index in [1.54, 1.807) is 11.8 Å². The molecule has 3 aliphatic carbocycles. The second-order valence-electron chi connectivity index (χ2n) is 13.2. The number of aliphatic hydroxyl groups is 2. The van der Waals surface area contributed by atoms with Crippen LogP contribution in [0.25, 0.3) is 0 Å². The van der Waals surface area contributed by atoms with Crippen LogP contribution in [0.3, 0.4) is 0 Å². The lowest BCUT2D eigenvalue weighted by atomic mass is 9.64. The molecule has 3 aliphatic rings. The largest absolute Gasteiger partial charge is 0.450 e. The molecule has 1 amide bonds. The molecule has 0 saturated heterocycles. The zero-order valence-electron chi connectivity index (χ0n) is 27.1. The number of aryl methyl sites for hydroxylation is 1. The van der Waals surface area contributed by atoms with Gasteiger partial charge < -0.3 is 19.8 Å². The third kappa shape index (κ3) is 7.26. The number of amides is 1. The first-order chi connectivity index (χ1) is 21.5. The summed E-state index contributed by atoms with van der Waals surface area (Å²) in [7, 11) is 0. The number of rotatable bonds is 7. The molecule has 3 aromatic rings. The molecule has 2 aromatic carbocycles. The molecule has 6 rings (SSSR count). The second-order valence-corrected chi connectivity index (χ2v) is 14.5. The van der Waals surface area contributed by atoms with Crippen LogP contribution in [0.15, 0.2) is 72.3 Å². The second kappa shape index (κ2) is 14.0. The molecule has 6 nitrogen and oxygen atoms in total. The Balaban J connectivity index is 1.59. The van der Waals surface area contributed by atoms with Gasteiger partial charge >= 0.3 is 6.09 Å². The predicted octanol–water partition coefficient (Wildman–Crippen LogP) is 7.98. The van der Waals surface area contributed by atoms with E-state index in [4.69, 9.17) is 4.74 Å². The lowest BCUT2D eigenvalue weighted by Crippen LogP contribution is -2.53. The number of benzene rings is 2. The van der Waals surface area contributed by atoms with E-state index in [0.29, 0.717) is 49.1 Å². The van der Waals surface area contributed by atoms with Gasteiger partial charge in [-0.2, -0.15) is 0 Å². The first-order valence-corrected chi connectivity index (χ1v) is 17.1. The van der Waals surface area contributed by atoms with Crippen LogP contribution in [0.5, 0.6) is 0 Å². The number of ketones is 1. The highest BCUT2D eigenvalue weighted by molar-refractivity contribution is 7.14. The molecule has 1 heterocycles. The summed E-state index contributed by atoms with van der Waals surface area (Å²) in [5.41, 5.74) is 2.86. The van der Waals surface area contributed by atoms with Gasteiger partial charge in [-0.05, 0) is 107 Å². The molecule has 1 aromatic heterocycles. The fraction of sp³-hybridized carbons (Fsp3) is 0.474. The maximum atomic E-state index is 14.1. The first-order valence-electron chi connectivity index (χ1n) is 16.3. The summed E-state index contributed by atoms with van der Waals surface area (Å²) < 4.78 is 5.48. The molecule has 1 fully saturated rings. The third-order valence-electron chi connectivity index (χ3n) is 10.1. The van der Waals surface area contributed by atoms with Gasteiger partial charge in [-0.15, -0.1) is 11.3 Å². The Bertz CT molecular complexity index is 1530. The Morgan fingerprint density at radius 3 is 2.53 bits per heavy atom. The number of fused-ring (bicyclic) bond motifs is 8. The molecule has 2 N–H and O–H groups in total. The first kappa shape index (κ1) is 33.1. The summed E-state index contributed by atoms with van der Waals surface area (Å²) in [6.45, 7) is 8.77. The van der Waals surface area contributed by atoms with Gasteiger partial charge in [-0.1, -0.05) is 61.0 Å². The van der Waals surface area contributed by atoms with E-state index in [2.05, 4.69) is 26.0 Å². The topological polar surface area (TPSA) is 87.1 Å². The van der Waals surface area contributed by atoms with E-state index in [-0.39, 0.29) is 24.9 Å². The van der Waals surface area contributed by atoms with Crippen LogP contribution in [0.4, 0.5) is 4.79 Å². The van der Waals surface area contributed by atoms with Crippen LogP contribution < -0.4 is 0 Å². The zero-order chi connectivity index (χ0) is 32.2. The average Bonchev–Trinajstić information content (AvgIpc) is 3.56. The van der Waals surface area contributed by atoms with Gasteiger partial charge in [-0.3, -0.25) is 4.79 Å². The van der Waals surface area contributed by atoms with Crippen LogP contribution in [0, 0.1) is 12.3 Å². The van der Waals surface area contributed by atoms with Gasteiger partial charge in [0.15, 0.2) is 0 Å². The van der Waals surface area contributed by atoms with Gasteiger partial charge in [0.2, 0.25) is 5.78 Å². The molecule has 0 spiro atoms. The molecular weight excluding hydrogens is 582 g/mol. The molecular formula is C38H47NO5S. The monoisotopic (exact) mass is 629 g/mol. The van der Waals surface area contributed by atoms with Crippen LogP contribution in [0.2, 0.25) is 0 Å².